The Morgan fingerprint density at radius 1 is 1.35 bits per heavy atom. The van der Waals surface area contributed by atoms with E-state index in [0.29, 0.717) is 5.13 Å². The maximum Gasteiger partial charge on any atom is 0.181 e. The first-order valence-corrected chi connectivity index (χ1v) is 6.80. The average Bonchev–Trinajstić information content (AvgIpc) is 2.85. The number of nitrogens with zero attached hydrogens (tertiary/aromatic N) is 1. The van der Waals surface area contributed by atoms with E-state index in [-0.39, 0.29) is 0 Å². The minimum absolute atomic E-state index is 0.603. The van der Waals surface area contributed by atoms with Gasteiger partial charge in [-0.25, -0.2) is 4.98 Å². The Labute approximate surface area is 111 Å². The van der Waals surface area contributed by atoms with Gasteiger partial charge in [-0.1, -0.05) is 29.5 Å². The molecule has 0 amide bonds. The first kappa shape index (κ1) is 10.8. The lowest BCUT2D eigenvalue weighted by molar-refractivity contribution is 1.11. The summed E-state index contributed by atoms with van der Waals surface area (Å²) in [5.74, 6) is 0. The number of para-hydroxylation sites is 1. The van der Waals surface area contributed by atoms with Crippen LogP contribution in [0.5, 0.6) is 0 Å². The molecule has 0 aliphatic heterocycles. The Balaban J connectivity index is 2.03. The number of anilines is 1. The van der Waals surface area contributed by atoms with Crippen LogP contribution >= 0.6 is 27.3 Å². The number of fused-ring (bicyclic) bond motifs is 1. The zero-order valence-corrected chi connectivity index (χ0v) is 11.3. The van der Waals surface area contributed by atoms with Crippen LogP contribution in [0.25, 0.3) is 10.9 Å². The van der Waals surface area contributed by atoms with Crippen molar-refractivity contribution < 1.29 is 0 Å². The molecule has 0 fully saturated rings. The van der Waals surface area contributed by atoms with Crippen molar-refractivity contribution in [3.05, 3.63) is 45.5 Å². The van der Waals surface area contributed by atoms with E-state index in [2.05, 4.69) is 38.0 Å². The molecule has 3 rings (SSSR count). The van der Waals surface area contributed by atoms with Gasteiger partial charge in [0, 0.05) is 23.5 Å². The topological polar surface area (TPSA) is 54.7 Å². The summed E-state index contributed by atoms with van der Waals surface area (Å²) >= 11 is 4.96. The Morgan fingerprint density at radius 3 is 2.94 bits per heavy atom. The number of aromatic amines is 1. The lowest BCUT2D eigenvalue weighted by Gasteiger charge is -1.96. The van der Waals surface area contributed by atoms with E-state index in [0.717, 1.165) is 21.4 Å². The summed E-state index contributed by atoms with van der Waals surface area (Å²) in [5.41, 5.74) is 9.08. The van der Waals surface area contributed by atoms with Crippen molar-refractivity contribution >= 4 is 43.3 Å². The lowest BCUT2D eigenvalue weighted by Crippen LogP contribution is -1.89. The van der Waals surface area contributed by atoms with Crippen molar-refractivity contribution in [3.63, 3.8) is 0 Å². The van der Waals surface area contributed by atoms with E-state index < -0.39 is 0 Å². The third-order valence-corrected chi connectivity index (χ3v) is 4.36. The zero-order chi connectivity index (χ0) is 11.8. The summed E-state index contributed by atoms with van der Waals surface area (Å²) in [6, 6.07) is 8.26. The molecule has 0 saturated heterocycles. The quantitative estimate of drug-likeness (QED) is 0.760. The van der Waals surface area contributed by atoms with Gasteiger partial charge >= 0.3 is 0 Å². The average molecular weight is 308 g/mol. The summed E-state index contributed by atoms with van der Waals surface area (Å²) in [6.07, 6.45) is 2.82. The standard InChI is InChI=1S/C12H10BrN3S/c13-11-10(16-12(14)17-11)5-7-6-15-9-4-2-1-3-8(7)9/h1-4,6,15H,5H2,(H2,14,16). The molecule has 86 valence electrons. The number of nitrogens with two attached hydrogens (primary N) is 1. The Bertz CT molecular complexity index is 671. The number of aromatic nitrogens is 2. The number of nitrogens with one attached hydrogen (secondary N) is 1. The second-order valence-electron chi connectivity index (χ2n) is 3.81. The summed E-state index contributed by atoms with van der Waals surface area (Å²) in [6.45, 7) is 0. The van der Waals surface area contributed by atoms with E-state index >= 15 is 0 Å². The predicted molar refractivity (Wildman–Crippen MR) is 75.3 cm³/mol. The molecule has 1 aromatic carbocycles. The molecule has 3 N–H and O–H groups in total. The van der Waals surface area contributed by atoms with Crippen molar-refractivity contribution in [3.8, 4) is 0 Å². The van der Waals surface area contributed by atoms with E-state index in [1.165, 1.54) is 22.3 Å². The fourth-order valence-corrected chi connectivity index (χ4v) is 3.22. The van der Waals surface area contributed by atoms with Gasteiger partial charge in [-0.05, 0) is 27.6 Å². The third-order valence-electron chi connectivity index (χ3n) is 2.70. The Hall–Kier alpha value is -1.33. The van der Waals surface area contributed by atoms with Crippen LogP contribution in [-0.4, -0.2) is 9.97 Å². The van der Waals surface area contributed by atoms with Gasteiger partial charge in [0.1, 0.15) is 0 Å². The molecular formula is C12H10BrN3S. The van der Waals surface area contributed by atoms with Crippen LogP contribution < -0.4 is 5.73 Å². The molecule has 2 heterocycles. The predicted octanol–water partition coefficient (Wildman–Crippen LogP) is 3.56. The highest BCUT2D eigenvalue weighted by Crippen LogP contribution is 2.29. The first-order chi connectivity index (χ1) is 8.24. The molecule has 0 spiro atoms. The number of hydrogen-bond donors (Lipinski definition) is 2. The van der Waals surface area contributed by atoms with Gasteiger partial charge in [0.25, 0.3) is 0 Å². The fraction of sp³-hybridized carbons (Fsp3) is 0.0833. The van der Waals surface area contributed by atoms with Gasteiger partial charge in [-0.2, -0.15) is 0 Å². The van der Waals surface area contributed by atoms with Gasteiger partial charge in [0.2, 0.25) is 0 Å². The molecule has 0 atom stereocenters. The molecule has 0 bridgehead atoms. The van der Waals surface area contributed by atoms with Crippen LogP contribution in [0.3, 0.4) is 0 Å². The fourth-order valence-electron chi connectivity index (χ4n) is 1.92. The van der Waals surface area contributed by atoms with Crippen LogP contribution in [0.15, 0.2) is 34.2 Å². The second-order valence-corrected chi connectivity index (χ2v) is 6.16. The molecule has 17 heavy (non-hydrogen) atoms. The van der Waals surface area contributed by atoms with Crippen molar-refractivity contribution in [1.82, 2.24) is 9.97 Å². The van der Waals surface area contributed by atoms with Gasteiger partial charge in [0.05, 0.1) is 9.48 Å². The van der Waals surface area contributed by atoms with Crippen LogP contribution in [0.1, 0.15) is 11.3 Å². The number of rotatable bonds is 2. The summed E-state index contributed by atoms with van der Waals surface area (Å²) in [7, 11) is 0. The van der Waals surface area contributed by atoms with Gasteiger partial charge in [-0.3, -0.25) is 0 Å². The number of H-pyrrole nitrogens is 1. The van der Waals surface area contributed by atoms with E-state index in [9.17, 15) is 0 Å². The van der Waals surface area contributed by atoms with Gasteiger partial charge in [0.15, 0.2) is 5.13 Å². The Morgan fingerprint density at radius 2 is 2.18 bits per heavy atom. The molecule has 0 radical (unpaired) electrons. The zero-order valence-electron chi connectivity index (χ0n) is 8.90. The molecule has 0 aliphatic rings. The number of nitrogen functional groups attached to an aromatic ring is 1. The van der Waals surface area contributed by atoms with Crippen LogP contribution in [0.4, 0.5) is 5.13 Å². The highest BCUT2D eigenvalue weighted by atomic mass is 79.9. The highest BCUT2D eigenvalue weighted by molar-refractivity contribution is 9.11. The molecule has 2 aromatic heterocycles. The maximum absolute atomic E-state index is 5.69. The number of halogens is 1. The van der Waals surface area contributed by atoms with Crippen LogP contribution in [0.2, 0.25) is 0 Å². The van der Waals surface area contributed by atoms with E-state index in [1.807, 2.05) is 18.3 Å². The van der Waals surface area contributed by atoms with E-state index in [4.69, 9.17) is 5.73 Å². The van der Waals surface area contributed by atoms with Gasteiger partial charge < -0.3 is 10.7 Å². The minimum atomic E-state index is 0.603. The minimum Gasteiger partial charge on any atom is -0.375 e. The SMILES string of the molecule is Nc1nc(Cc2c[nH]c3ccccc23)c(Br)s1. The van der Waals surface area contributed by atoms with E-state index in [1.54, 1.807) is 0 Å². The molecule has 0 unspecified atom stereocenters. The first-order valence-electron chi connectivity index (χ1n) is 5.19. The summed E-state index contributed by atoms with van der Waals surface area (Å²) < 4.78 is 1.01. The lowest BCUT2D eigenvalue weighted by atomic mass is 10.1. The number of benzene rings is 1. The highest BCUT2D eigenvalue weighted by Gasteiger charge is 2.10. The van der Waals surface area contributed by atoms with Crippen LogP contribution in [-0.2, 0) is 6.42 Å². The molecule has 3 nitrogen and oxygen atoms in total. The third kappa shape index (κ3) is 1.96. The van der Waals surface area contributed by atoms with Crippen molar-refractivity contribution in [2.45, 2.75) is 6.42 Å². The number of thiazole rings is 1. The molecule has 0 saturated carbocycles. The summed E-state index contributed by atoms with van der Waals surface area (Å²) in [5, 5.41) is 1.85. The molecule has 0 aliphatic carbocycles. The largest absolute Gasteiger partial charge is 0.375 e. The normalized spacial score (nSPS) is 11.1. The summed E-state index contributed by atoms with van der Waals surface area (Å²) in [4.78, 5) is 7.59. The monoisotopic (exact) mass is 307 g/mol. The molecule has 3 aromatic rings. The maximum atomic E-state index is 5.69. The molecular weight excluding hydrogens is 298 g/mol. The number of hydrogen-bond acceptors (Lipinski definition) is 3. The molecule has 5 heteroatoms. The Kier molecular flexibility index (Phi) is 2.64. The van der Waals surface area contributed by atoms with Crippen molar-refractivity contribution in [1.29, 1.82) is 0 Å². The smallest absolute Gasteiger partial charge is 0.181 e. The van der Waals surface area contributed by atoms with Crippen molar-refractivity contribution in [2.75, 3.05) is 5.73 Å². The van der Waals surface area contributed by atoms with Crippen molar-refractivity contribution in [2.24, 2.45) is 0 Å². The van der Waals surface area contributed by atoms with Crippen LogP contribution in [0, 0.1) is 0 Å². The second kappa shape index (κ2) is 4.16. The van der Waals surface area contributed by atoms with Gasteiger partial charge in [-0.15, -0.1) is 0 Å².